The summed E-state index contributed by atoms with van der Waals surface area (Å²) in [7, 11) is 1.92. The van der Waals surface area contributed by atoms with Crippen molar-refractivity contribution in [2.24, 2.45) is 12.8 Å². The lowest BCUT2D eigenvalue weighted by Crippen LogP contribution is -2.26. The van der Waals surface area contributed by atoms with Crippen molar-refractivity contribution in [1.29, 1.82) is 0 Å². The Balaban J connectivity index is 2.63. The van der Waals surface area contributed by atoms with Gasteiger partial charge in [-0.1, -0.05) is 0 Å². The molecule has 0 unspecified atom stereocenters. The van der Waals surface area contributed by atoms with Gasteiger partial charge < -0.3 is 5.73 Å². The highest BCUT2D eigenvalue weighted by Crippen LogP contribution is 2.30. The minimum absolute atomic E-state index is 0.100. The summed E-state index contributed by atoms with van der Waals surface area (Å²) in [5.74, 6) is 0. The van der Waals surface area contributed by atoms with Crippen LogP contribution in [0.15, 0.2) is 17.3 Å². The third-order valence-corrected chi connectivity index (χ3v) is 2.73. The fourth-order valence-corrected chi connectivity index (χ4v) is 1.84. The van der Waals surface area contributed by atoms with Gasteiger partial charge in [0, 0.05) is 29.4 Å². The van der Waals surface area contributed by atoms with Crippen molar-refractivity contribution in [2.45, 2.75) is 23.5 Å². The van der Waals surface area contributed by atoms with Gasteiger partial charge in [-0.2, -0.15) is 5.10 Å². The molecule has 0 aromatic carbocycles. The molecular weight excluding hydrogens is 170 g/mol. The zero-order valence-electron chi connectivity index (χ0n) is 7.74. The lowest BCUT2D eigenvalue weighted by molar-refractivity contribution is 0.722. The second kappa shape index (κ2) is 3.49. The quantitative estimate of drug-likeness (QED) is 0.721. The van der Waals surface area contributed by atoms with Crippen LogP contribution < -0.4 is 5.73 Å². The summed E-state index contributed by atoms with van der Waals surface area (Å²) in [6.07, 6.45) is 3.87. The fraction of sp³-hybridized carbons (Fsp3) is 0.625. The highest BCUT2D eigenvalue weighted by Gasteiger charge is 2.17. The van der Waals surface area contributed by atoms with E-state index >= 15 is 0 Å². The molecule has 12 heavy (non-hydrogen) atoms. The molecule has 0 saturated carbocycles. The third-order valence-electron chi connectivity index (χ3n) is 1.57. The van der Waals surface area contributed by atoms with Gasteiger partial charge in [0.1, 0.15) is 0 Å². The van der Waals surface area contributed by atoms with Crippen molar-refractivity contribution in [3.8, 4) is 0 Å². The Morgan fingerprint density at radius 2 is 2.33 bits per heavy atom. The second-order valence-electron chi connectivity index (χ2n) is 3.42. The van der Waals surface area contributed by atoms with Crippen molar-refractivity contribution in [1.82, 2.24) is 9.78 Å². The van der Waals surface area contributed by atoms with E-state index in [0.29, 0.717) is 6.54 Å². The van der Waals surface area contributed by atoms with Gasteiger partial charge in [-0.15, -0.1) is 11.8 Å². The third kappa shape index (κ3) is 2.53. The van der Waals surface area contributed by atoms with Crippen LogP contribution in [0, 0.1) is 0 Å². The molecule has 0 bridgehead atoms. The Hall–Kier alpha value is -0.480. The number of nitrogens with two attached hydrogens (primary N) is 1. The lowest BCUT2D eigenvalue weighted by atomic mass is 10.2. The number of hydrogen-bond acceptors (Lipinski definition) is 3. The maximum atomic E-state index is 5.61. The molecular formula is C8H15N3S. The summed E-state index contributed by atoms with van der Waals surface area (Å²) >= 11 is 1.76. The van der Waals surface area contributed by atoms with Crippen molar-refractivity contribution >= 4 is 11.8 Å². The average Bonchev–Trinajstić information content (AvgIpc) is 2.35. The maximum Gasteiger partial charge on any atom is 0.0626 e. The van der Waals surface area contributed by atoms with Gasteiger partial charge >= 0.3 is 0 Å². The number of aryl methyl sites for hydroxylation is 1. The minimum atomic E-state index is 0.100. The van der Waals surface area contributed by atoms with E-state index < -0.39 is 0 Å². The van der Waals surface area contributed by atoms with E-state index in [1.807, 2.05) is 19.4 Å². The predicted molar refractivity (Wildman–Crippen MR) is 52.2 cm³/mol. The molecule has 0 radical (unpaired) electrons. The van der Waals surface area contributed by atoms with E-state index in [2.05, 4.69) is 18.9 Å². The fourth-order valence-electron chi connectivity index (χ4n) is 0.812. The van der Waals surface area contributed by atoms with Crippen LogP contribution in [0.2, 0.25) is 0 Å². The number of rotatable bonds is 3. The molecule has 1 heterocycles. The molecule has 68 valence electrons. The first-order valence-corrected chi connectivity index (χ1v) is 4.73. The van der Waals surface area contributed by atoms with Gasteiger partial charge in [-0.3, -0.25) is 4.68 Å². The Kier molecular flexibility index (Phi) is 2.80. The largest absolute Gasteiger partial charge is 0.329 e. The molecule has 4 heteroatoms. The topological polar surface area (TPSA) is 43.8 Å². The number of nitrogens with zero attached hydrogens (tertiary/aromatic N) is 2. The van der Waals surface area contributed by atoms with Crippen molar-refractivity contribution < 1.29 is 0 Å². The van der Waals surface area contributed by atoms with E-state index in [4.69, 9.17) is 5.73 Å². The number of hydrogen-bond donors (Lipinski definition) is 1. The van der Waals surface area contributed by atoms with E-state index in [9.17, 15) is 0 Å². The molecule has 0 atom stereocenters. The average molecular weight is 185 g/mol. The smallest absolute Gasteiger partial charge is 0.0626 e. The zero-order valence-corrected chi connectivity index (χ0v) is 8.56. The van der Waals surface area contributed by atoms with Gasteiger partial charge in [-0.05, 0) is 13.8 Å². The van der Waals surface area contributed by atoms with Gasteiger partial charge in [-0.25, -0.2) is 0 Å². The van der Waals surface area contributed by atoms with E-state index in [1.165, 1.54) is 4.90 Å². The number of thioether (sulfide) groups is 1. The summed E-state index contributed by atoms with van der Waals surface area (Å²) in [5.41, 5.74) is 5.61. The molecule has 0 spiro atoms. The van der Waals surface area contributed by atoms with Crippen LogP contribution in [0.25, 0.3) is 0 Å². The monoisotopic (exact) mass is 185 g/mol. The molecule has 0 aliphatic carbocycles. The van der Waals surface area contributed by atoms with E-state index in [1.54, 1.807) is 16.4 Å². The highest BCUT2D eigenvalue weighted by molar-refractivity contribution is 8.00. The summed E-state index contributed by atoms with van der Waals surface area (Å²) in [4.78, 5) is 1.17. The van der Waals surface area contributed by atoms with Crippen LogP contribution in [0.1, 0.15) is 13.8 Å². The Morgan fingerprint density at radius 1 is 1.67 bits per heavy atom. The molecule has 3 nitrogen and oxygen atoms in total. The standard InChI is InChI=1S/C8H15N3S/c1-8(2,6-9)12-7-4-10-11(3)5-7/h4-5H,6,9H2,1-3H3. The first kappa shape index (κ1) is 9.61. The molecule has 0 aliphatic heterocycles. The molecule has 1 aromatic rings. The highest BCUT2D eigenvalue weighted by atomic mass is 32.2. The van der Waals surface area contributed by atoms with Crippen LogP contribution >= 0.6 is 11.8 Å². The van der Waals surface area contributed by atoms with E-state index in [0.717, 1.165) is 0 Å². The molecule has 2 N–H and O–H groups in total. The van der Waals surface area contributed by atoms with Gasteiger partial charge in [0.05, 0.1) is 6.20 Å². The Bertz CT molecular complexity index is 255. The van der Waals surface area contributed by atoms with Gasteiger partial charge in [0.15, 0.2) is 0 Å². The van der Waals surface area contributed by atoms with Crippen molar-refractivity contribution in [3.63, 3.8) is 0 Å². The van der Waals surface area contributed by atoms with E-state index in [-0.39, 0.29) is 4.75 Å². The first-order valence-electron chi connectivity index (χ1n) is 3.91. The van der Waals surface area contributed by atoms with Crippen LogP contribution in [0.3, 0.4) is 0 Å². The summed E-state index contributed by atoms with van der Waals surface area (Å²) in [6.45, 7) is 4.93. The van der Waals surface area contributed by atoms with Crippen LogP contribution in [0.4, 0.5) is 0 Å². The second-order valence-corrected chi connectivity index (χ2v) is 5.20. The Labute approximate surface area is 77.3 Å². The zero-order chi connectivity index (χ0) is 9.19. The molecule has 1 rings (SSSR count). The molecule has 1 aromatic heterocycles. The van der Waals surface area contributed by atoms with Gasteiger partial charge in [0.2, 0.25) is 0 Å². The van der Waals surface area contributed by atoms with Crippen LogP contribution in [-0.2, 0) is 7.05 Å². The van der Waals surface area contributed by atoms with Crippen LogP contribution in [-0.4, -0.2) is 21.1 Å². The lowest BCUT2D eigenvalue weighted by Gasteiger charge is -2.20. The predicted octanol–water partition coefficient (Wildman–Crippen LogP) is 1.25. The molecule has 0 amide bonds. The minimum Gasteiger partial charge on any atom is -0.329 e. The van der Waals surface area contributed by atoms with Crippen molar-refractivity contribution in [3.05, 3.63) is 12.4 Å². The summed E-state index contributed by atoms with van der Waals surface area (Å²) in [5, 5.41) is 4.09. The Morgan fingerprint density at radius 3 is 2.75 bits per heavy atom. The maximum absolute atomic E-state index is 5.61. The first-order chi connectivity index (χ1) is 5.53. The molecule has 0 fully saturated rings. The SMILES string of the molecule is Cn1cc(SC(C)(C)CN)cn1. The van der Waals surface area contributed by atoms with Crippen LogP contribution in [0.5, 0.6) is 0 Å². The molecule has 0 aliphatic rings. The summed E-state index contributed by atoms with van der Waals surface area (Å²) < 4.78 is 1.90. The van der Waals surface area contributed by atoms with Crippen molar-refractivity contribution in [2.75, 3.05) is 6.54 Å². The number of aromatic nitrogens is 2. The van der Waals surface area contributed by atoms with Gasteiger partial charge in [0.25, 0.3) is 0 Å². The molecule has 0 saturated heterocycles. The normalized spacial score (nSPS) is 12.0. The summed E-state index contributed by atoms with van der Waals surface area (Å²) in [6, 6.07) is 0.